The van der Waals surface area contributed by atoms with Gasteiger partial charge in [-0.3, -0.25) is 9.59 Å². The van der Waals surface area contributed by atoms with Crippen molar-refractivity contribution >= 4 is 17.4 Å². The molecule has 1 amide bonds. The molecule has 1 aliphatic rings. The number of benzene rings is 2. The van der Waals surface area contributed by atoms with E-state index in [1.807, 2.05) is 52.0 Å². The number of aliphatic hydroxyl groups is 1. The maximum atomic E-state index is 12.9. The average Bonchev–Trinajstić information content (AvgIpc) is 2.94. The van der Waals surface area contributed by atoms with Crippen LogP contribution in [-0.4, -0.2) is 34.8 Å². The van der Waals surface area contributed by atoms with Crippen LogP contribution in [0.15, 0.2) is 48.0 Å². The number of likely N-dealkylation sites (tertiary alicyclic amines) is 1. The third kappa shape index (κ3) is 3.90. The summed E-state index contributed by atoms with van der Waals surface area (Å²) in [5.74, 6) is -0.637. The highest BCUT2D eigenvalue weighted by Crippen LogP contribution is 2.40. The highest BCUT2D eigenvalue weighted by atomic mass is 16.5. The number of aliphatic hydroxyl groups excluding tert-OH is 1. The van der Waals surface area contributed by atoms with Crippen molar-refractivity contribution in [1.82, 2.24) is 4.90 Å². The molecule has 1 aliphatic heterocycles. The van der Waals surface area contributed by atoms with E-state index in [1.165, 1.54) is 0 Å². The monoisotopic (exact) mass is 393 g/mol. The number of Topliss-reactive ketones (excluding diaryl/α,β-unsaturated/α-hetero) is 1. The molecule has 1 atom stereocenters. The van der Waals surface area contributed by atoms with Crippen LogP contribution in [-0.2, 0) is 9.59 Å². The van der Waals surface area contributed by atoms with E-state index in [1.54, 1.807) is 23.1 Å². The number of hydrogen-bond donors (Lipinski definition) is 1. The summed E-state index contributed by atoms with van der Waals surface area (Å²) in [6.07, 6.45) is 0.720. The number of carbonyl (C=O) groups is 2. The zero-order valence-corrected chi connectivity index (χ0v) is 17.4. The number of ketones is 1. The summed E-state index contributed by atoms with van der Waals surface area (Å²) in [5, 5.41) is 11.1. The van der Waals surface area contributed by atoms with Gasteiger partial charge in [0.05, 0.1) is 18.2 Å². The highest BCUT2D eigenvalue weighted by molar-refractivity contribution is 6.46. The van der Waals surface area contributed by atoms with E-state index >= 15 is 0 Å². The Bertz CT molecular complexity index is 977. The van der Waals surface area contributed by atoms with Crippen LogP contribution in [0.25, 0.3) is 5.76 Å². The molecule has 1 unspecified atom stereocenters. The molecule has 152 valence electrons. The number of aryl methyl sites for hydroxylation is 2. The lowest BCUT2D eigenvalue weighted by Crippen LogP contribution is -2.30. The quantitative estimate of drug-likeness (QED) is 0.445. The fourth-order valence-corrected chi connectivity index (χ4v) is 3.81. The molecular weight excluding hydrogens is 366 g/mol. The van der Waals surface area contributed by atoms with E-state index in [-0.39, 0.29) is 11.3 Å². The molecule has 0 saturated carbocycles. The van der Waals surface area contributed by atoms with Gasteiger partial charge < -0.3 is 14.7 Å². The van der Waals surface area contributed by atoms with Gasteiger partial charge in [0.15, 0.2) is 0 Å². The van der Waals surface area contributed by atoms with E-state index in [0.29, 0.717) is 18.7 Å². The maximum Gasteiger partial charge on any atom is 0.295 e. The summed E-state index contributed by atoms with van der Waals surface area (Å²) < 4.78 is 5.56. The Morgan fingerprint density at radius 2 is 1.86 bits per heavy atom. The second-order valence-corrected chi connectivity index (χ2v) is 7.32. The lowest BCUT2D eigenvalue weighted by molar-refractivity contribution is -0.139. The van der Waals surface area contributed by atoms with Crippen LogP contribution >= 0.6 is 0 Å². The molecule has 2 aromatic carbocycles. The summed E-state index contributed by atoms with van der Waals surface area (Å²) in [6.45, 7) is 8.71. The third-order valence-corrected chi connectivity index (χ3v) is 5.11. The summed E-state index contributed by atoms with van der Waals surface area (Å²) in [4.78, 5) is 27.2. The molecule has 2 aromatic rings. The molecule has 1 N–H and O–H groups in total. The number of ether oxygens (including phenoxy) is 1. The van der Waals surface area contributed by atoms with Crippen molar-refractivity contribution in [2.24, 2.45) is 0 Å². The van der Waals surface area contributed by atoms with Gasteiger partial charge in [-0.15, -0.1) is 0 Å². The first-order chi connectivity index (χ1) is 13.9. The molecule has 0 radical (unpaired) electrons. The summed E-state index contributed by atoms with van der Waals surface area (Å²) in [6, 6.07) is 12.4. The highest BCUT2D eigenvalue weighted by Gasteiger charge is 2.45. The van der Waals surface area contributed by atoms with Crippen molar-refractivity contribution in [3.05, 3.63) is 70.3 Å². The minimum absolute atomic E-state index is 0.137. The fourth-order valence-electron chi connectivity index (χ4n) is 3.81. The second kappa shape index (κ2) is 8.52. The van der Waals surface area contributed by atoms with E-state index in [4.69, 9.17) is 4.74 Å². The van der Waals surface area contributed by atoms with Crippen LogP contribution in [0.3, 0.4) is 0 Å². The Kier molecular flexibility index (Phi) is 6.06. The molecule has 0 bridgehead atoms. The minimum atomic E-state index is -0.644. The van der Waals surface area contributed by atoms with Gasteiger partial charge in [0.1, 0.15) is 11.5 Å². The first kappa shape index (κ1) is 20.6. The summed E-state index contributed by atoms with van der Waals surface area (Å²) in [5.41, 5.74) is 3.34. The van der Waals surface area contributed by atoms with Crippen LogP contribution < -0.4 is 4.74 Å². The predicted molar refractivity (Wildman–Crippen MR) is 113 cm³/mol. The van der Waals surface area contributed by atoms with Gasteiger partial charge in [0.2, 0.25) is 0 Å². The van der Waals surface area contributed by atoms with Gasteiger partial charge in [0.25, 0.3) is 11.7 Å². The van der Waals surface area contributed by atoms with Gasteiger partial charge in [-0.05, 0) is 56.5 Å². The van der Waals surface area contributed by atoms with Crippen LogP contribution in [0.2, 0.25) is 0 Å². The standard InChI is InChI=1S/C24H27NO4/c1-5-12-25-21(17-9-7-8-15(3)13-17)20(23(27)24(25)28)22(26)18-10-11-19(29-6-2)16(4)14-18/h7-11,13-14,21,26H,5-6,12H2,1-4H3/b22-20-. The number of rotatable bonds is 6. The van der Waals surface area contributed by atoms with Crippen molar-refractivity contribution in [3.8, 4) is 5.75 Å². The summed E-state index contributed by atoms with van der Waals surface area (Å²) >= 11 is 0. The van der Waals surface area contributed by atoms with Gasteiger partial charge in [0, 0.05) is 12.1 Å². The SMILES string of the molecule is CCCN1C(=O)C(=O)/C(=C(\O)c2ccc(OCC)c(C)c2)C1c1cccc(C)c1. The van der Waals surface area contributed by atoms with E-state index < -0.39 is 17.7 Å². The number of amides is 1. The molecule has 0 spiro atoms. The molecule has 29 heavy (non-hydrogen) atoms. The van der Waals surface area contributed by atoms with Gasteiger partial charge >= 0.3 is 0 Å². The van der Waals surface area contributed by atoms with Crippen LogP contribution in [0.4, 0.5) is 0 Å². The fraction of sp³-hybridized carbons (Fsp3) is 0.333. The Hall–Kier alpha value is -3.08. The Morgan fingerprint density at radius 1 is 1.10 bits per heavy atom. The van der Waals surface area contributed by atoms with Crippen molar-refractivity contribution < 1.29 is 19.4 Å². The normalized spacial score (nSPS) is 18.3. The Labute approximate surface area is 171 Å². The smallest absolute Gasteiger partial charge is 0.295 e. The maximum absolute atomic E-state index is 12.9. The van der Waals surface area contributed by atoms with Crippen molar-refractivity contribution in [1.29, 1.82) is 0 Å². The molecule has 5 heteroatoms. The largest absolute Gasteiger partial charge is 0.507 e. The number of nitrogens with zero attached hydrogens (tertiary/aromatic N) is 1. The minimum Gasteiger partial charge on any atom is -0.507 e. The van der Waals surface area contributed by atoms with Crippen molar-refractivity contribution in [2.75, 3.05) is 13.2 Å². The molecule has 0 aromatic heterocycles. The zero-order chi connectivity index (χ0) is 21.1. The molecule has 0 aliphatic carbocycles. The molecule has 1 heterocycles. The van der Waals surface area contributed by atoms with E-state index in [0.717, 1.165) is 28.9 Å². The first-order valence-corrected chi connectivity index (χ1v) is 9.97. The number of hydrogen-bond acceptors (Lipinski definition) is 4. The molecule has 1 saturated heterocycles. The van der Waals surface area contributed by atoms with E-state index in [2.05, 4.69) is 0 Å². The summed E-state index contributed by atoms with van der Waals surface area (Å²) in [7, 11) is 0. The zero-order valence-electron chi connectivity index (χ0n) is 17.4. The lowest BCUT2D eigenvalue weighted by atomic mass is 9.94. The van der Waals surface area contributed by atoms with Gasteiger partial charge in [-0.2, -0.15) is 0 Å². The number of carbonyl (C=O) groups excluding carboxylic acids is 2. The van der Waals surface area contributed by atoms with Crippen molar-refractivity contribution in [2.45, 2.75) is 40.2 Å². The topological polar surface area (TPSA) is 66.8 Å². The van der Waals surface area contributed by atoms with Crippen LogP contribution in [0, 0.1) is 13.8 Å². The van der Waals surface area contributed by atoms with Crippen LogP contribution in [0.1, 0.15) is 48.6 Å². The van der Waals surface area contributed by atoms with Gasteiger partial charge in [-0.1, -0.05) is 36.8 Å². The van der Waals surface area contributed by atoms with Gasteiger partial charge in [-0.25, -0.2) is 0 Å². The van der Waals surface area contributed by atoms with E-state index in [9.17, 15) is 14.7 Å². The first-order valence-electron chi connectivity index (χ1n) is 9.97. The molecule has 3 rings (SSSR count). The van der Waals surface area contributed by atoms with Crippen molar-refractivity contribution in [3.63, 3.8) is 0 Å². The van der Waals surface area contributed by atoms with Crippen LogP contribution in [0.5, 0.6) is 5.75 Å². The second-order valence-electron chi connectivity index (χ2n) is 7.32. The lowest BCUT2D eigenvalue weighted by Gasteiger charge is -2.25. The molecular formula is C24H27NO4. The predicted octanol–water partition coefficient (Wildman–Crippen LogP) is 4.53. The Morgan fingerprint density at radius 3 is 2.48 bits per heavy atom. The average molecular weight is 393 g/mol. The molecule has 1 fully saturated rings. The Balaban J connectivity index is 2.16. The third-order valence-electron chi connectivity index (χ3n) is 5.11. The molecule has 5 nitrogen and oxygen atoms in total.